The average Bonchev–Trinajstić information content (AvgIpc) is 2.91. The fourth-order valence-electron chi connectivity index (χ4n) is 2.58. The van der Waals surface area contributed by atoms with Crippen LogP contribution in [0.25, 0.3) is 5.57 Å². The second kappa shape index (κ2) is 7.75. The topological polar surface area (TPSA) is 81.4 Å². The van der Waals surface area contributed by atoms with Crippen LogP contribution in [0, 0.1) is 11.3 Å². The lowest BCUT2D eigenvalue weighted by molar-refractivity contribution is -0.119. The van der Waals surface area contributed by atoms with Gasteiger partial charge in [0.05, 0.1) is 34.4 Å². The summed E-state index contributed by atoms with van der Waals surface area (Å²) in [5, 5.41) is 18.5. The number of nitrogens with zero attached hydrogens (tertiary/aromatic N) is 2. The summed E-state index contributed by atoms with van der Waals surface area (Å²) in [5.41, 5.74) is 1.71. The van der Waals surface area contributed by atoms with Crippen molar-refractivity contribution in [2.24, 2.45) is 0 Å². The van der Waals surface area contributed by atoms with Crippen molar-refractivity contribution in [3.05, 3.63) is 69.6 Å². The molecule has 1 aliphatic heterocycles. The lowest BCUT2D eigenvalue weighted by Gasteiger charge is -2.15. The molecule has 7 heteroatoms. The van der Waals surface area contributed by atoms with Gasteiger partial charge in [-0.15, -0.1) is 11.8 Å². The monoisotopic (exact) mass is 384 g/mol. The third kappa shape index (κ3) is 3.37. The summed E-state index contributed by atoms with van der Waals surface area (Å²) in [4.78, 5) is 27.3. The number of hydrogen-bond acceptors (Lipinski definition) is 5. The fraction of sp³-hybridized carbons (Fsp3) is 0.105. The van der Waals surface area contributed by atoms with Crippen molar-refractivity contribution in [3.8, 4) is 6.07 Å². The zero-order valence-corrected chi connectivity index (χ0v) is 15.0. The van der Waals surface area contributed by atoms with E-state index in [0.29, 0.717) is 27.6 Å². The molecule has 3 rings (SSSR count). The van der Waals surface area contributed by atoms with Crippen molar-refractivity contribution in [1.82, 2.24) is 0 Å². The van der Waals surface area contributed by atoms with Crippen LogP contribution in [0.5, 0.6) is 0 Å². The third-order valence-electron chi connectivity index (χ3n) is 3.77. The number of aliphatic hydroxyl groups excluding tert-OH is 1. The first-order chi connectivity index (χ1) is 12.6. The maximum Gasteiger partial charge on any atom is 0.272 e. The molecule has 0 aliphatic carbocycles. The van der Waals surface area contributed by atoms with Crippen LogP contribution in [0.4, 0.5) is 5.69 Å². The van der Waals surface area contributed by atoms with Crippen molar-refractivity contribution in [2.45, 2.75) is 0 Å². The Labute approximate surface area is 159 Å². The molecular weight excluding hydrogens is 372 g/mol. The molecule has 2 aromatic carbocycles. The predicted octanol–water partition coefficient (Wildman–Crippen LogP) is 3.22. The molecule has 26 heavy (non-hydrogen) atoms. The zero-order chi connectivity index (χ0) is 18.7. The van der Waals surface area contributed by atoms with Gasteiger partial charge in [0, 0.05) is 10.8 Å². The molecule has 0 spiro atoms. The summed E-state index contributed by atoms with van der Waals surface area (Å²) in [6, 6.07) is 14.9. The van der Waals surface area contributed by atoms with Crippen molar-refractivity contribution in [3.63, 3.8) is 0 Å². The molecule has 5 nitrogen and oxygen atoms in total. The quantitative estimate of drug-likeness (QED) is 0.800. The largest absolute Gasteiger partial charge is 0.396 e. The molecule has 1 aliphatic rings. The van der Waals surface area contributed by atoms with Gasteiger partial charge in [-0.2, -0.15) is 5.26 Å². The Morgan fingerprint density at radius 2 is 1.69 bits per heavy atom. The van der Waals surface area contributed by atoms with Crippen LogP contribution in [-0.4, -0.2) is 29.3 Å². The van der Waals surface area contributed by atoms with Gasteiger partial charge < -0.3 is 5.11 Å². The second-order valence-electron chi connectivity index (χ2n) is 5.39. The predicted molar refractivity (Wildman–Crippen MR) is 102 cm³/mol. The highest BCUT2D eigenvalue weighted by molar-refractivity contribution is 8.04. The van der Waals surface area contributed by atoms with E-state index in [9.17, 15) is 9.59 Å². The van der Waals surface area contributed by atoms with Gasteiger partial charge in [0.25, 0.3) is 11.8 Å². The molecule has 0 saturated heterocycles. The molecule has 0 saturated carbocycles. The first kappa shape index (κ1) is 18.2. The van der Waals surface area contributed by atoms with E-state index in [2.05, 4.69) is 0 Å². The van der Waals surface area contributed by atoms with E-state index < -0.39 is 11.8 Å². The van der Waals surface area contributed by atoms with Crippen molar-refractivity contribution in [1.29, 1.82) is 5.26 Å². The Morgan fingerprint density at radius 1 is 1.04 bits per heavy atom. The Kier molecular flexibility index (Phi) is 5.43. The van der Waals surface area contributed by atoms with Crippen LogP contribution in [0.3, 0.4) is 0 Å². The number of imide groups is 1. The van der Waals surface area contributed by atoms with E-state index in [-0.39, 0.29) is 17.1 Å². The van der Waals surface area contributed by atoms with Gasteiger partial charge in [0.2, 0.25) is 0 Å². The van der Waals surface area contributed by atoms with E-state index in [0.717, 1.165) is 16.7 Å². The number of nitriles is 1. The number of amides is 2. The maximum atomic E-state index is 13.0. The molecule has 0 aromatic heterocycles. The maximum absolute atomic E-state index is 13.0. The van der Waals surface area contributed by atoms with Gasteiger partial charge >= 0.3 is 0 Å². The molecule has 130 valence electrons. The number of rotatable bonds is 5. The molecule has 0 fully saturated rings. The molecule has 0 atom stereocenters. The van der Waals surface area contributed by atoms with Crippen molar-refractivity contribution < 1.29 is 14.7 Å². The average molecular weight is 385 g/mol. The van der Waals surface area contributed by atoms with Crippen LogP contribution in [0.15, 0.2) is 53.4 Å². The van der Waals surface area contributed by atoms with Crippen LogP contribution < -0.4 is 4.90 Å². The summed E-state index contributed by atoms with van der Waals surface area (Å²) in [7, 11) is 0. The Hall–Kier alpha value is -2.59. The summed E-state index contributed by atoms with van der Waals surface area (Å²) in [5.74, 6) is -0.585. The van der Waals surface area contributed by atoms with Gasteiger partial charge in [-0.3, -0.25) is 9.59 Å². The van der Waals surface area contributed by atoms with Gasteiger partial charge in [-0.05, 0) is 42.0 Å². The van der Waals surface area contributed by atoms with E-state index >= 15 is 0 Å². The minimum absolute atomic E-state index is 0.111. The molecule has 0 unspecified atom stereocenters. The van der Waals surface area contributed by atoms with E-state index in [4.69, 9.17) is 22.0 Å². The highest BCUT2D eigenvalue weighted by Crippen LogP contribution is 2.38. The van der Waals surface area contributed by atoms with Gasteiger partial charge in [-0.1, -0.05) is 23.7 Å². The van der Waals surface area contributed by atoms with Crippen LogP contribution >= 0.6 is 23.4 Å². The SMILES string of the molecule is N#Cc1ccc(N2C(=O)C(SCCO)=C(c3ccc(Cl)cc3)C2=O)cc1. The molecule has 0 bridgehead atoms. The third-order valence-corrected chi connectivity index (χ3v) is 5.07. The minimum Gasteiger partial charge on any atom is -0.396 e. The Bertz CT molecular complexity index is 931. The fourth-order valence-corrected chi connectivity index (χ4v) is 3.57. The molecule has 2 aromatic rings. The van der Waals surface area contributed by atoms with Crippen LogP contribution in [0.1, 0.15) is 11.1 Å². The van der Waals surface area contributed by atoms with Crippen molar-refractivity contribution >= 4 is 46.4 Å². The summed E-state index contributed by atoms with van der Waals surface area (Å²) >= 11 is 7.05. The number of carbonyl (C=O) groups is 2. The summed E-state index contributed by atoms with van der Waals surface area (Å²) < 4.78 is 0. The van der Waals surface area contributed by atoms with Crippen molar-refractivity contribution in [2.75, 3.05) is 17.3 Å². The number of hydrogen-bond donors (Lipinski definition) is 1. The van der Waals surface area contributed by atoms with Gasteiger partial charge in [0.1, 0.15) is 0 Å². The van der Waals surface area contributed by atoms with E-state index in [1.807, 2.05) is 6.07 Å². The second-order valence-corrected chi connectivity index (χ2v) is 6.93. The van der Waals surface area contributed by atoms with Gasteiger partial charge in [0.15, 0.2) is 0 Å². The van der Waals surface area contributed by atoms with Gasteiger partial charge in [-0.25, -0.2) is 4.90 Å². The lowest BCUT2D eigenvalue weighted by Crippen LogP contribution is -2.31. The lowest BCUT2D eigenvalue weighted by atomic mass is 10.1. The Morgan fingerprint density at radius 3 is 2.27 bits per heavy atom. The molecular formula is C19H13ClN2O3S. The number of anilines is 1. The summed E-state index contributed by atoms with van der Waals surface area (Å²) in [6.07, 6.45) is 0. The Balaban J connectivity index is 2.04. The number of halogens is 1. The zero-order valence-electron chi connectivity index (χ0n) is 13.5. The molecule has 1 heterocycles. The number of carbonyl (C=O) groups excluding carboxylic acids is 2. The van der Waals surface area contributed by atoms with Crippen LogP contribution in [0.2, 0.25) is 5.02 Å². The van der Waals surface area contributed by atoms with Crippen LogP contribution in [-0.2, 0) is 9.59 Å². The number of benzene rings is 2. The minimum atomic E-state index is -0.442. The highest BCUT2D eigenvalue weighted by Gasteiger charge is 2.40. The summed E-state index contributed by atoms with van der Waals surface area (Å²) in [6.45, 7) is -0.111. The highest BCUT2D eigenvalue weighted by atomic mass is 35.5. The smallest absolute Gasteiger partial charge is 0.272 e. The van der Waals surface area contributed by atoms with E-state index in [1.165, 1.54) is 0 Å². The first-order valence-electron chi connectivity index (χ1n) is 7.69. The van der Waals surface area contributed by atoms with E-state index in [1.54, 1.807) is 48.5 Å². The molecule has 1 N–H and O–H groups in total. The first-order valence-corrected chi connectivity index (χ1v) is 9.06. The molecule has 0 radical (unpaired) electrons. The number of aliphatic hydroxyl groups is 1. The standard InChI is InChI=1S/C19H13ClN2O3S/c20-14-5-3-13(4-6-14)16-17(26-10-9-23)19(25)22(18(16)24)15-7-1-12(11-21)2-8-15/h1-8,23H,9-10H2. The molecule has 2 amide bonds. The number of thioether (sulfide) groups is 1. The normalized spacial score (nSPS) is 14.1.